The number of carbonyl (C=O) groups is 1. The molecular formula is C18H21N5O4. The Morgan fingerprint density at radius 1 is 1.22 bits per heavy atom. The monoisotopic (exact) mass is 371 g/mol. The molecule has 0 unspecified atom stereocenters. The second kappa shape index (κ2) is 7.48. The van der Waals surface area contributed by atoms with E-state index in [0.717, 1.165) is 11.0 Å². The van der Waals surface area contributed by atoms with Crippen molar-refractivity contribution < 1.29 is 9.53 Å². The molecule has 0 aliphatic carbocycles. The molecule has 142 valence electrons. The maximum Gasteiger partial charge on any atom is 0.332 e. The van der Waals surface area contributed by atoms with Gasteiger partial charge in [-0.3, -0.25) is 14.2 Å². The van der Waals surface area contributed by atoms with Gasteiger partial charge in [0, 0.05) is 14.1 Å². The predicted octanol–water partition coefficient (Wildman–Crippen LogP) is 0.861. The first-order chi connectivity index (χ1) is 12.9. The summed E-state index contributed by atoms with van der Waals surface area (Å²) >= 11 is 0. The minimum absolute atomic E-state index is 0.261. The van der Waals surface area contributed by atoms with E-state index in [1.54, 1.807) is 31.3 Å². The number of ether oxygens (including phenoxy) is 1. The van der Waals surface area contributed by atoms with Gasteiger partial charge in [0.15, 0.2) is 11.2 Å². The third-order valence-corrected chi connectivity index (χ3v) is 4.13. The minimum Gasteiger partial charge on any atom is -0.491 e. The van der Waals surface area contributed by atoms with Crippen LogP contribution in [-0.4, -0.2) is 31.2 Å². The zero-order valence-corrected chi connectivity index (χ0v) is 15.4. The highest BCUT2D eigenvalue weighted by Gasteiger charge is 2.17. The number of aromatic nitrogens is 4. The lowest BCUT2D eigenvalue weighted by Gasteiger charge is -2.13. The molecule has 3 aromatic rings. The third-order valence-electron chi connectivity index (χ3n) is 4.13. The number of nitrogens with zero attached hydrogens (tertiary/aromatic N) is 4. The summed E-state index contributed by atoms with van der Waals surface area (Å²) in [6.07, 6.45) is 2.29. The smallest absolute Gasteiger partial charge is 0.332 e. The largest absolute Gasteiger partial charge is 0.491 e. The number of para-hydroxylation sites is 2. The summed E-state index contributed by atoms with van der Waals surface area (Å²) in [7, 11) is 3.17. The number of aryl methyl sites for hydroxylation is 2. The molecule has 0 fully saturated rings. The van der Waals surface area contributed by atoms with E-state index in [1.807, 2.05) is 6.92 Å². The van der Waals surface area contributed by atoms with Crippen LogP contribution in [0.5, 0.6) is 5.75 Å². The molecule has 9 heteroatoms. The fourth-order valence-electron chi connectivity index (χ4n) is 2.78. The van der Waals surface area contributed by atoms with Crippen LogP contribution in [0.1, 0.15) is 13.3 Å². The van der Waals surface area contributed by atoms with E-state index in [1.165, 1.54) is 22.5 Å². The third kappa shape index (κ3) is 3.48. The van der Waals surface area contributed by atoms with Gasteiger partial charge >= 0.3 is 5.69 Å². The Labute approximate surface area is 154 Å². The van der Waals surface area contributed by atoms with Gasteiger partial charge in [-0.05, 0) is 18.6 Å². The van der Waals surface area contributed by atoms with E-state index in [-0.39, 0.29) is 11.2 Å². The lowest BCUT2D eigenvalue weighted by atomic mass is 10.3. The Balaban J connectivity index is 1.91. The Kier molecular flexibility index (Phi) is 5.11. The molecule has 0 radical (unpaired) electrons. The highest BCUT2D eigenvalue weighted by atomic mass is 16.5. The second-order valence-electron chi connectivity index (χ2n) is 6.15. The average molecular weight is 371 g/mol. The summed E-state index contributed by atoms with van der Waals surface area (Å²) in [6, 6.07) is 7.02. The number of nitrogens with one attached hydrogen (secondary N) is 1. The Morgan fingerprint density at radius 3 is 2.70 bits per heavy atom. The van der Waals surface area contributed by atoms with E-state index in [2.05, 4.69) is 10.3 Å². The van der Waals surface area contributed by atoms with Gasteiger partial charge in [0.1, 0.15) is 12.3 Å². The van der Waals surface area contributed by atoms with Crippen LogP contribution in [0.4, 0.5) is 5.69 Å². The zero-order valence-electron chi connectivity index (χ0n) is 15.4. The van der Waals surface area contributed by atoms with Crippen molar-refractivity contribution in [3.05, 3.63) is 51.4 Å². The highest BCUT2D eigenvalue weighted by molar-refractivity contribution is 5.92. The summed E-state index contributed by atoms with van der Waals surface area (Å²) in [5.74, 6) is 0.0401. The van der Waals surface area contributed by atoms with Gasteiger partial charge in [0.2, 0.25) is 5.91 Å². The van der Waals surface area contributed by atoms with Crippen molar-refractivity contribution in [2.75, 3.05) is 11.9 Å². The van der Waals surface area contributed by atoms with Gasteiger partial charge in [-0.2, -0.15) is 0 Å². The van der Waals surface area contributed by atoms with Crippen LogP contribution < -0.4 is 21.3 Å². The van der Waals surface area contributed by atoms with Crippen LogP contribution in [0.2, 0.25) is 0 Å². The number of fused-ring (bicyclic) bond motifs is 1. The van der Waals surface area contributed by atoms with Gasteiger partial charge in [0.05, 0.1) is 18.6 Å². The molecule has 0 aliphatic rings. The lowest BCUT2D eigenvalue weighted by Crippen LogP contribution is -2.42. The number of rotatable bonds is 6. The van der Waals surface area contributed by atoms with Gasteiger partial charge in [0.25, 0.3) is 5.56 Å². The van der Waals surface area contributed by atoms with Gasteiger partial charge in [-0.1, -0.05) is 19.1 Å². The first-order valence-electron chi connectivity index (χ1n) is 8.56. The van der Waals surface area contributed by atoms with E-state index in [4.69, 9.17) is 4.74 Å². The van der Waals surface area contributed by atoms with Crippen molar-refractivity contribution in [3.8, 4) is 5.75 Å². The van der Waals surface area contributed by atoms with Crippen molar-refractivity contribution in [1.82, 2.24) is 18.7 Å². The van der Waals surface area contributed by atoms with Crippen molar-refractivity contribution >= 4 is 22.8 Å². The Hall–Kier alpha value is -3.36. The summed E-state index contributed by atoms with van der Waals surface area (Å²) < 4.78 is 9.28. The summed E-state index contributed by atoms with van der Waals surface area (Å²) in [5.41, 5.74) is -0.128. The standard InChI is InChI=1S/C18H21N5O4/c1-4-9-27-13-8-6-5-7-12(13)20-14(24)10-23-17(25)15-16(19-11-21(15)2)22(3)18(23)26/h5-8,11H,4,9-10H2,1-3H3,(H,20,24). The topological polar surface area (TPSA) is 100 Å². The summed E-state index contributed by atoms with van der Waals surface area (Å²) in [5, 5.41) is 2.70. The fourth-order valence-corrected chi connectivity index (χ4v) is 2.78. The molecule has 1 amide bonds. The molecule has 0 aliphatic heterocycles. The van der Waals surface area contributed by atoms with Crippen LogP contribution in [0.25, 0.3) is 11.2 Å². The predicted molar refractivity (Wildman–Crippen MR) is 101 cm³/mol. The number of imidazole rings is 1. The van der Waals surface area contributed by atoms with E-state index >= 15 is 0 Å². The van der Waals surface area contributed by atoms with Crippen LogP contribution in [0.15, 0.2) is 40.2 Å². The van der Waals surface area contributed by atoms with Crippen molar-refractivity contribution in [1.29, 1.82) is 0 Å². The van der Waals surface area contributed by atoms with Crippen LogP contribution in [-0.2, 0) is 25.4 Å². The van der Waals surface area contributed by atoms with Crippen molar-refractivity contribution in [2.24, 2.45) is 14.1 Å². The second-order valence-corrected chi connectivity index (χ2v) is 6.15. The summed E-state index contributed by atoms with van der Waals surface area (Å²) in [4.78, 5) is 41.7. The van der Waals surface area contributed by atoms with Crippen molar-refractivity contribution in [2.45, 2.75) is 19.9 Å². The molecular weight excluding hydrogens is 350 g/mol. The number of benzene rings is 1. The van der Waals surface area contributed by atoms with E-state index < -0.39 is 23.7 Å². The molecule has 2 heterocycles. The maximum atomic E-state index is 12.7. The Morgan fingerprint density at radius 2 is 1.96 bits per heavy atom. The Bertz CT molecular complexity index is 1110. The molecule has 3 rings (SSSR count). The number of hydrogen-bond acceptors (Lipinski definition) is 5. The molecule has 0 saturated carbocycles. The van der Waals surface area contributed by atoms with E-state index in [0.29, 0.717) is 18.0 Å². The summed E-state index contributed by atoms with van der Waals surface area (Å²) in [6.45, 7) is 2.09. The number of carbonyl (C=O) groups excluding carboxylic acids is 1. The molecule has 0 saturated heterocycles. The SMILES string of the molecule is CCCOc1ccccc1NC(=O)Cn1c(=O)c2c(ncn2C)n(C)c1=O. The zero-order chi connectivity index (χ0) is 19.6. The number of hydrogen-bond donors (Lipinski definition) is 1. The molecule has 1 aromatic carbocycles. The molecule has 9 nitrogen and oxygen atoms in total. The van der Waals surface area contributed by atoms with E-state index in [9.17, 15) is 14.4 Å². The van der Waals surface area contributed by atoms with Crippen LogP contribution >= 0.6 is 0 Å². The molecule has 0 bridgehead atoms. The van der Waals surface area contributed by atoms with Crippen molar-refractivity contribution in [3.63, 3.8) is 0 Å². The molecule has 1 N–H and O–H groups in total. The molecule has 2 aromatic heterocycles. The first kappa shape index (κ1) is 18.4. The fraction of sp³-hybridized carbons (Fsp3) is 0.333. The lowest BCUT2D eigenvalue weighted by molar-refractivity contribution is -0.116. The van der Waals surface area contributed by atoms with Gasteiger partial charge in [-0.25, -0.2) is 14.3 Å². The first-order valence-corrected chi connectivity index (χ1v) is 8.56. The van der Waals surface area contributed by atoms with Crippen LogP contribution in [0, 0.1) is 0 Å². The normalized spacial score (nSPS) is 10.9. The maximum absolute atomic E-state index is 12.7. The quantitative estimate of drug-likeness (QED) is 0.693. The van der Waals surface area contributed by atoms with Gasteiger partial charge in [-0.15, -0.1) is 0 Å². The highest BCUT2D eigenvalue weighted by Crippen LogP contribution is 2.23. The average Bonchev–Trinajstić information content (AvgIpc) is 3.04. The number of amides is 1. The molecule has 0 atom stereocenters. The minimum atomic E-state index is -0.600. The molecule has 27 heavy (non-hydrogen) atoms. The van der Waals surface area contributed by atoms with Crippen LogP contribution in [0.3, 0.4) is 0 Å². The number of anilines is 1. The molecule has 0 spiro atoms. The van der Waals surface area contributed by atoms with Gasteiger partial charge < -0.3 is 14.6 Å².